The predicted molar refractivity (Wildman–Crippen MR) is 128 cm³/mol. The van der Waals surface area contributed by atoms with Crippen LogP contribution in [0, 0.1) is 13.8 Å². The first-order valence-corrected chi connectivity index (χ1v) is 11.8. The van der Waals surface area contributed by atoms with Crippen LogP contribution >= 0.6 is 11.8 Å². The molecular weight excluding hydrogens is 420 g/mol. The van der Waals surface area contributed by atoms with Crippen molar-refractivity contribution in [1.29, 1.82) is 0 Å². The van der Waals surface area contributed by atoms with Crippen LogP contribution in [0.3, 0.4) is 0 Å². The molecule has 0 spiro atoms. The fraction of sp³-hybridized carbons (Fsp3) is 0.320. The first kappa shape index (κ1) is 22.3. The fourth-order valence-corrected chi connectivity index (χ4v) is 4.36. The standard InChI is InChI=1S/C25H28N4O2S/c1-18-19(2)27-25(28-23(18)29-12-14-31-15-13-29)32-17-21-8-10-22(11-9-21)24(30)26-16-20-6-4-3-5-7-20/h3-11H,12-17H2,1-2H3,(H,26,30). The van der Waals surface area contributed by atoms with Crippen molar-refractivity contribution >= 4 is 23.5 Å². The van der Waals surface area contributed by atoms with Gasteiger partial charge in [-0.1, -0.05) is 54.2 Å². The summed E-state index contributed by atoms with van der Waals surface area (Å²) in [5.74, 6) is 1.69. The molecule has 1 amide bonds. The first-order chi connectivity index (χ1) is 15.6. The van der Waals surface area contributed by atoms with Crippen molar-refractivity contribution in [3.8, 4) is 0 Å². The number of ether oxygens (including phenoxy) is 1. The fourth-order valence-electron chi connectivity index (χ4n) is 3.52. The number of benzene rings is 2. The highest BCUT2D eigenvalue weighted by molar-refractivity contribution is 7.98. The molecule has 1 fully saturated rings. The maximum Gasteiger partial charge on any atom is 0.251 e. The van der Waals surface area contributed by atoms with Crippen molar-refractivity contribution in [2.24, 2.45) is 0 Å². The SMILES string of the molecule is Cc1nc(SCc2ccc(C(=O)NCc3ccccc3)cc2)nc(N2CCOCC2)c1C. The van der Waals surface area contributed by atoms with E-state index in [2.05, 4.69) is 22.1 Å². The zero-order valence-corrected chi connectivity index (χ0v) is 19.3. The number of anilines is 1. The second-order valence-corrected chi connectivity index (χ2v) is 8.74. The summed E-state index contributed by atoms with van der Waals surface area (Å²) in [5, 5.41) is 3.74. The summed E-state index contributed by atoms with van der Waals surface area (Å²) >= 11 is 1.62. The van der Waals surface area contributed by atoms with Crippen molar-refractivity contribution < 1.29 is 9.53 Å². The third kappa shape index (κ3) is 5.66. The highest BCUT2D eigenvalue weighted by atomic mass is 32.2. The second-order valence-electron chi connectivity index (χ2n) is 7.79. The number of amides is 1. The molecule has 2 heterocycles. The minimum Gasteiger partial charge on any atom is -0.378 e. The van der Waals surface area contributed by atoms with Crippen LogP contribution in [-0.2, 0) is 17.0 Å². The van der Waals surface area contributed by atoms with Gasteiger partial charge in [-0.05, 0) is 37.1 Å². The number of hydrogen-bond donors (Lipinski definition) is 1. The molecule has 1 aliphatic heterocycles. The topological polar surface area (TPSA) is 67.4 Å². The number of morpholine rings is 1. The van der Waals surface area contributed by atoms with Crippen molar-refractivity contribution in [3.63, 3.8) is 0 Å². The predicted octanol–water partition coefficient (Wildman–Crippen LogP) is 4.15. The molecule has 2 aromatic carbocycles. The summed E-state index contributed by atoms with van der Waals surface area (Å²) in [4.78, 5) is 24.2. The van der Waals surface area contributed by atoms with Crippen LogP contribution in [0.15, 0.2) is 59.8 Å². The second kappa shape index (κ2) is 10.6. The van der Waals surface area contributed by atoms with Crippen LogP contribution < -0.4 is 10.2 Å². The lowest BCUT2D eigenvalue weighted by Gasteiger charge is -2.29. The molecule has 0 atom stereocenters. The first-order valence-electron chi connectivity index (χ1n) is 10.8. The van der Waals surface area contributed by atoms with Crippen LogP contribution in [0.4, 0.5) is 5.82 Å². The third-order valence-electron chi connectivity index (χ3n) is 5.53. The quantitative estimate of drug-likeness (QED) is 0.433. The summed E-state index contributed by atoms with van der Waals surface area (Å²) in [6.45, 7) is 7.81. The van der Waals surface area contributed by atoms with Crippen molar-refractivity contribution in [3.05, 3.63) is 82.5 Å². The minimum absolute atomic E-state index is 0.0688. The van der Waals surface area contributed by atoms with Gasteiger partial charge in [0.15, 0.2) is 5.16 Å². The summed E-state index contributed by atoms with van der Waals surface area (Å²) in [5.41, 5.74) is 5.01. The zero-order valence-electron chi connectivity index (χ0n) is 18.5. The summed E-state index contributed by atoms with van der Waals surface area (Å²) < 4.78 is 5.47. The van der Waals surface area contributed by atoms with Gasteiger partial charge < -0.3 is 15.0 Å². The van der Waals surface area contributed by atoms with Gasteiger partial charge in [-0.3, -0.25) is 4.79 Å². The van der Waals surface area contributed by atoms with E-state index in [1.54, 1.807) is 11.8 Å². The number of nitrogens with zero attached hydrogens (tertiary/aromatic N) is 3. The van der Waals surface area contributed by atoms with E-state index < -0.39 is 0 Å². The molecular formula is C25H28N4O2S. The number of nitrogens with one attached hydrogen (secondary N) is 1. The average Bonchev–Trinajstić information content (AvgIpc) is 2.84. The number of carbonyl (C=O) groups is 1. The molecule has 0 saturated carbocycles. The Morgan fingerprint density at radius 3 is 2.44 bits per heavy atom. The molecule has 0 radical (unpaired) electrons. The molecule has 6 nitrogen and oxygen atoms in total. The number of thioether (sulfide) groups is 1. The molecule has 3 aromatic rings. The van der Waals surface area contributed by atoms with Gasteiger partial charge in [0.25, 0.3) is 5.91 Å². The molecule has 1 saturated heterocycles. The molecule has 0 unspecified atom stereocenters. The van der Waals surface area contributed by atoms with E-state index in [-0.39, 0.29) is 5.91 Å². The van der Waals surface area contributed by atoms with E-state index in [4.69, 9.17) is 9.72 Å². The molecule has 4 rings (SSSR count). The minimum atomic E-state index is -0.0688. The van der Waals surface area contributed by atoms with E-state index >= 15 is 0 Å². The van der Waals surface area contributed by atoms with Crippen molar-refractivity contribution in [2.75, 3.05) is 31.2 Å². The Bertz CT molecular complexity index is 1050. The summed E-state index contributed by atoms with van der Waals surface area (Å²) in [6.07, 6.45) is 0. The zero-order chi connectivity index (χ0) is 22.3. The van der Waals surface area contributed by atoms with E-state index in [0.29, 0.717) is 12.1 Å². The molecule has 0 aliphatic carbocycles. The lowest BCUT2D eigenvalue weighted by Crippen LogP contribution is -2.37. The third-order valence-corrected chi connectivity index (χ3v) is 6.45. The number of hydrogen-bond acceptors (Lipinski definition) is 6. The Morgan fingerprint density at radius 2 is 1.72 bits per heavy atom. The Balaban J connectivity index is 1.36. The van der Waals surface area contributed by atoms with Gasteiger partial charge in [-0.15, -0.1) is 0 Å². The van der Waals surface area contributed by atoms with E-state index in [0.717, 1.165) is 65.4 Å². The van der Waals surface area contributed by atoms with Gasteiger partial charge in [0, 0.05) is 42.2 Å². The molecule has 1 aliphatic rings. The average molecular weight is 449 g/mol. The smallest absolute Gasteiger partial charge is 0.251 e. The number of carbonyl (C=O) groups excluding carboxylic acids is 1. The van der Waals surface area contributed by atoms with E-state index in [1.165, 1.54) is 0 Å². The lowest BCUT2D eigenvalue weighted by atomic mass is 10.1. The molecule has 7 heteroatoms. The van der Waals surface area contributed by atoms with E-state index in [9.17, 15) is 4.79 Å². The Kier molecular flexibility index (Phi) is 7.39. The van der Waals surface area contributed by atoms with Gasteiger partial charge in [0.05, 0.1) is 13.2 Å². The van der Waals surface area contributed by atoms with Crippen molar-refractivity contribution in [1.82, 2.24) is 15.3 Å². The van der Waals surface area contributed by atoms with Gasteiger partial charge in [0.2, 0.25) is 0 Å². The van der Waals surface area contributed by atoms with Crippen LogP contribution in [-0.4, -0.2) is 42.2 Å². The highest BCUT2D eigenvalue weighted by Gasteiger charge is 2.18. The molecule has 1 aromatic heterocycles. The molecule has 0 bridgehead atoms. The normalized spacial score (nSPS) is 13.8. The molecule has 1 N–H and O–H groups in total. The van der Waals surface area contributed by atoms with Gasteiger partial charge in [-0.2, -0.15) is 0 Å². The molecule has 32 heavy (non-hydrogen) atoms. The van der Waals surface area contributed by atoms with Crippen LogP contribution in [0.5, 0.6) is 0 Å². The van der Waals surface area contributed by atoms with Crippen LogP contribution in [0.1, 0.15) is 32.7 Å². The largest absolute Gasteiger partial charge is 0.378 e. The Morgan fingerprint density at radius 1 is 1.00 bits per heavy atom. The van der Waals surface area contributed by atoms with Crippen molar-refractivity contribution in [2.45, 2.75) is 31.3 Å². The molecule has 166 valence electrons. The Hall–Kier alpha value is -2.90. The number of aromatic nitrogens is 2. The summed E-state index contributed by atoms with van der Waals surface area (Å²) in [6, 6.07) is 17.6. The van der Waals surface area contributed by atoms with Crippen LogP contribution in [0.25, 0.3) is 0 Å². The van der Waals surface area contributed by atoms with Gasteiger partial charge in [-0.25, -0.2) is 9.97 Å². The van der Waals surface area contributed by atoms with Crippen LogP contribution in [0.2, 0.25) is 0 Å². The Labute approximate surface area is 193 Å². The highest BCUT2D eigenvalue weighted by Crippen LogP contribution is 2.26. The maximum atomic E-state index is 12.4. The number of rotatable bonds is 7. The lowest BCUT2D eigenvalue weighted by molar-refractivity contribution is 0.0951. The maximum absolute atomic E-state index is 12.4. The summed E-state index contributed by atoms with van der Waals surface area (Å²) in [7, 11) is 0. The number of aryl methyl sites for hydroxylation is 1. The monoisotopic (exact) mass is 448 g/mol. The van der Waals surface area contributed by atoms with E-state index in [1.807, 2.05) is 61.5 Å². The van der Waals surface area contributed by atoms with Gasteiger partial charge >= 0.3 is 0 Å². The van der Waals surface area contributed by atoms with Gasteiger partial charge in [0.1, 0.15) is 5.82 Å².